The summed E-state index contributed by atoms with van der Waals surface area (Å²) >= 11 is 0. The first kappa shape index (κ1) is 11.7. The predicted molar refractivity (Wildman–Crippen MR) is 67.7 cm³/mol. The number of methoxy groups -OCH3 is 1. The van der Waals surface area contributed by atoms with E-state index in [-0.39, 0.29) is 5.97 Å². The molecule has 1 saturated heterocycles. The number of carbonyl (C=O) groups excluding carboxylic acids is 1. The minimum Gasteiger partial charge on any atom is -0.466 e. The molecule has 0 aromatic heterocycles. The molecule has 1 aromatic carbocycles. The van der Waals surface area contributed by atoms with Gasteiger partial charge >= 0.3 is 5.97 Å². The van der Waals surface area contributed by atoms with Crippen LogP contribution >= 0.6 is 0 Å². The van der Waals surface area contributed by atoms with E-state index < -0.39 is 0 Å². The Morgan fingerprint density at radius 3 is 2.76 bits per heavy atom. The normalized spacial score (nSPS) is 21.9. The van der Waals surface area contributed by atoms with Crippen molar-refractivity contribution in [2.75, 3.05) is 12.0 Å². The van der Waals surface area contributed by atoms with Gasteiger partial charge in [0.05, 0.1) is 7.11 Å². The van der Waals surface area contributed by atoms with E-state index in [4.69, 9.17) is 0 Å². The summed E-state index contributed by atoms with van der Waals surface area (Å²) in [6, 6.07) is 10.6. The summed E-state index contributed by atoms with van der Waals surface area (Å²) in [7, 11) is 1.41. The maximum Gasteiger partial charge on any atom is 0.332 e. The van der Waals surface area contributed by atoms with E-state index in [9.17, 15) is 4.79 Å². The Morgan fingerprint density at radius 2 is 2.12 bits per heavy atom. The molecule has 0 spiro atoms. The van der Waals surface area contributed by atoms with Crippen LogP contribution in [0.25, 0.3) is 0 Å². The SMILES string of the molecule is COC(=O)/C=C1\CCC(C)N1c1ccccc1. The molecule has 0 amide bonds. The van der Waals surface area contributed by atoms with Gasteiger partial charge in [-0.05, 0) is 31.9 Å². The zero-order chi connectivity index (χ0) is 12.3. The Balaban J connectivity index is 2.29. The molecule has 0 N–H and O–H groups in total. The number of esters is 1. The summed E-state index contributed by atoms with van der Waals surface area (Å²) in [5.74, 6) is -0.282. The third kappa shape index (κ3) is 2.49. The molecule has 0 aliphatic carbocycles. The summed E-state index contributed by atoms with van der Waals surface area (Å²) in [5.41, 5.74) is 2.17. The van der Waals surface area contributed by atoms with Crippen LogP contribution < -0.4 is 4.90 Å². The monoisotopic (exact) mass is 231 g/mol. The molecule has 1 fully saturated rings. The summed E-state index contributed by atoms with van der Waals surface area (Å²) in [6.07, 6.45) is 3.58. The Hall–Kier alpha value is -1.77. The summed E-state index contributed by atoms with van der Waals surface area (Å²) in [6.45, 7) is 2.17. The third-order valence-electron chi connectivity index (χ3n) is 3.09. The molecule has 17 heavy (non-hydrogen) atoms. The number of hydrogen-bond donors (Lipinski definition) is 0. The van der Waals surface area contributed by atoms with Crippen LogP contribution in [-0.2, 0) is 9.53 Å². The molecule has 1 aliphatic heterocycles. The van der Waals surface area contributed by atoms with Gasteiger partial charge < -0.3 is 9.64 Å². The highest BCUT2D eigenvalue weighted by Crippen LogP contribution is 2.32. The molecule has 1 heterocycles. The van der Waals surface area contributed by atoms with Crippen LogP contribution in [0.4, 0.5) is 5.69 Å². The predicted octanol–water partition coefficient (Wildman–Crippen LogP) is 2.73. The van der Waals surface area contributed by atoms with Crippen molar-refractivity contribution in [2.24, 2.45) is 0 Å². The molecule has 0 radical (unpaired) electrons. The average Bonchev–Trinajstić information content (AvgIpc) is 2.71. The molecule has 1 atom stereocenters. The number of anilines is 1. The lowest BCUT2D eigenvalue weighted by Crippen LogP contribution is -2.25. The molecule has 1 unspecified atom stereocenters. The number of hydrogen-bond acceptors (Lipinski definition) is 3. The quantitative estimate of drug-likeness (QED) is 0.579. The zero-order valence-electron chi connectivity index (χ0n) is 10.2. The van der Waals surface area contributed by atoms with Crippen LogP contribution in [0.15, 0.2) is 42.1 Å². The number of carbonyl (C=O) groups is 1. The second-order valence-corrected chi connectivity index (χ2v) is 4.25. The Morgan fingerprint density at radius 1 is 1.41 bits per heavy atom. The first-order valence-electron chi connectivity index (χ1n) is 5.85. The standard InChI is InChI=1S/C14H17NO2/c1-11-8-9-13(10-14(16)17-2)15(11)12-6-4-3-5-7-12/h3-7,10-11H,8-9H2,1-2H3/b13-10+. The van der Waals surface area contributed by atoms with Crippen molar-refractivity contribution in [3.8, 4) is 0 Å². The largest absolute Gasteiger partial charge is 0.466 e. The number of ether oxygens (including phenoxy) is 1. The third-order valence-corrected chi connectivity index (χ3v) is 3.09. The lowest BCUT2D eigenvalue weighted by molar-refractivity contribution is -0.134. The van der Waals surface area contributed by atoms with Crippen molar-refractivity contribution in [2.45, 2.75) is 25.8 Å². The van der Waals surface area contributed by atoms with Crippen LogP contribution in [0.2, 0.25) is 0 Å². The van der Waals surface area contributed by atoms with E-state index >= 15 is 0 Å². The van der Waals surface area contributed by atoms with Crippen LogP contribution in [0, 0.1) is 0 Å². The molecule has 3 nitrogen and oxygen atoms in total. The number of nitrogens with zero attached hydrogens (tertiary/aromatic N) is 1. The molecular weight excluding hydrogens is 214 g/mol. The van der Waals surface area contributed by atoms with Crippen molar-refractivity contribution in [1.82, 2.24) is 0 Å². The molecule has 0 saturated carbocycles. The van der Waals surface area contributed by atoms with Crippen LogP contribution in [0.3, 0.4) is 0 Å². The highest BCUT2D eigenvalue weighted by Gasteiger charge is 2.26. The minimum atomic E-state index is -0.282. The van der Waals surface area contributed by atoms with Gasteiger partial charge in [-0.3, -0.25) is 0 Å². The molecule has 90 valence electrons. The lowest BCUT2D eigenvalue weighted by Gasteiger charge is -2.25. The van der Waals surface area contributed by atoms with Crippen molar-refractivity contribution >= 4 is 11.7 Å². The Bertz CT molecular complexity index is 425. The van der Waals surface area contributed by atoms with Gasteiger partial charge in [-0.1, -0.05) is 18.2 Å². The summed E-state index contributed by atoms with van der Waals surface area (Å²) < 4.78 is 4.69. The molecule has 1 aliphatic rings. The smallest absolute Gasteiger partial charge is 0.332 e. The summed E-state index contributed by atoms with van der Waals surface area (Å²) in [5, 5.41) is 0. The topological polar surface area (TPSA) is 29.5 Å². The minimum absolute atomic E-state index is 0.282. The first-order chi connectivity index (χ1) is 8.22. The Labute approximate surface area is 102 Å². The van der Waals surface area contributed by atoms with Gasteiger partial charge in [0, 0.05) is 23.5 Å². The fourth-order valence-corrected chi connectivity index (χ4v) is 2.23. The molecule has 1 aromatic rings. The number of allylic oxidation sites excluding steroid dienone is 1. The van der Waals surface area contributed by atoms with E-state index in [2.05, 4.69) is 28.7 Å². The van der Waals surface area contributed by atoms with Gasteiger partial charge in [-0.15, -0.1) is 0 Å². The Kier molecular flexibility index (Phi) is 3.47. The molecule has 2 rings (SSSR count). The maximum atomic E-state index is 11.3. The van der Waals surface area contributed by atoms with E-state index in [1.165, 1.54) is 7.11 Å². The van der Waals surface area contributed by atoms with Gasteiger partial charge in [0.2, 0.25) is 0 Å². The van der Waals surface area contributed by atoms with Crippen LogP contribution in [0.5, 0.6) is 0 Å². The van der Waals surface area contributed by atoms with Crippen molar-refractivity contribution in [1.29, 1.82) is 0 Å². The van der Waals surface area contributed by atoms with Gasteiger partial charge in [-0.2, -0.15) is 0 Å². The van der Waals surface area contributed by atoms with Gasteiger partial charge in [-0.25, -0.2) is 4.79 Å². The van der Waals surface area contributed by atoms with Gasteiger partial charge in [0.1, 0.15) is 0 Å². The fourth-order valence-electron chi connectivity index (χ4n) is 2.23. The van der Waals surface area contributed by atoms with E-state index in [0.717, 1.165) is 24.2 Å². The van der Waals surface area contributed by atoms with Crippen LogP contribution in [-0.4, -0.2) is 19.1 Å². The number of para-hydroxylation sites is 1. The van der Waals surface area contributed by atoms with Crippen LogP contribution in [0.1, 0.15) is 19.8 Å². The average molecular weight is 231 g/mol. The second-order valence-electron chi connectivity index (χ2n) is 4.25. The van der Waals surface area contributed by atoms with Crippen molar-refractivity contribution < 1.29 is 9.53 Å². The fraction of sp³-hybridized carbons (Fsp3) is 0.357. The number of rotatable bonds is 2. The van der Waals surface area contributed by atoms with E-state index in [1.54, 1.807) is 6.08 Å². The molecular formula is C14H17NO2. The van der Waals surface area contributed by atoms with Gasteiger partial charge in [0.25, 0.3) is 0 Å². The molecule has 3 heteroatoms. The first-order valence-corrected chi connectivity index (χ1v) is 5.85. The highest BCUT2D eigenvalue weighted by molar-refractivity contribution is 5.83. The summed E-state index contributed by atoms with van der Waals surface area (Å²) in [4.78, 5) is 13.5. The van der Waals surface area contributed by atoms with E-state index in [1.807, 2.05) is 18.2 Å². The highest BCUT2D eigenvalue weighted by atomic mass is 16.5. The maximum absolute atomic E-state index is 11.3. The van der Waals surface area contributed by atoms with E-state index in [0.29, 0.717) is 6.04 Å². The number of benzene rings is 1. The second kappa shape index (κ2) is 5.04. The van der Waals surface area contributed by atoms with Gasteiger partial charge in [0.15, 0.2) is 0 Å². The lowest BCUT2D eigenvalue weighted by atomic mass is 10.2. The van der Waals surface area contributed by atoms with Crippen molar-refractivity contribution in [3.05, 3.63) is 42.1 Å². The van der Waals surface area contributed by atoms with Crippen molar-refractivity contribution in [3.63, 3.8) is 0 Å². The molecule has 0 bridgehead atoms. The zero-order valence-corrected chi connectivity index (χ0v) is 10.2.